The summed E-state index contributed by atoms with van der Waals surface area (Å²) in [5, 5.41) is 9.36. The van der Waals surface area contributed by atoms with Crippen LogP contribution in [0, 0.1) is 0 Å². The van der Waals surface area contributed by atoms with Crippen LogP contribution >= 0.6 is 0 Å². The van der Waals surface area contributed by atoms with Crippen LogP contribution in [0.15, 0.2) is 24.3 Å². The van der Waals surface area contributed by atoms with E-state index in [4.69, 9.17) is 0 Å². The number of rotatable bonds is 6. The Hall–Kier alpha value is -2.18. The van der Waals surface area contributed by atoms with Crippen molar-refractivity contribution in [3.05, 3.63) is 29.8 Å². The largest absolute Gasteiger partial charge is 0.479 e. The SMILES string of the molecule is CC(=O)N(C(C)C)C(C(=O)O)c1ccc(OC(F)F)cc1. The van der Waals surface area contributed by atoms with Gasteiger partial charge in [0.1, 0.15) is 5.75 Å². The van der Waals surface area contributed by atoms with E-state index in [2.05, 4.69) is 4.74 Å². The number of halogens is 2. The van der Waals surface area contributed by atoms with Crippen LogP contribution < -0.4 is 4.74 Å². The summed E-state index contributed by atoms with van der Waals surface area (Å²) in [5.74, 6) is -1.65. The molecule has 7 heteroatoms. The molecule has 0 radical (unpaired) electrons. The molecule has 0 aliphatic heterocycles. The maximum atomic E-state index is 12.1. The van der Waals surface area contributed by atoms with Gasteiger partial charge >= 0.3 is 12.6 Å². The van der Waals surface area contributed by atoms with Gasteiger partial charge < -0.3 is 14.7 Å². The van der Waals surface area contributed by atoms with Crippen molar-refractivity contribution in [1.29, 1.82) is 0 Å². The van der Waals surface area contributed by atoms with Gasteiger partial charge in [0.2, 0.25) is 5.91 Å². The maximum absolute atomic E-state index is 12.1. The minimum Gasteiger partial charge on any atom is -0.479 e. The molecule has 0 saturated heterocycles. The first kappa shape index (κ1) is 16.9. The molecule has 21 heavy (non-hydrogen) atoms. The first-order chi connectivity index (χ1) is 9.73. The molecule has 1 aromatic rings. The van der Waals surface area contributed by atoms with E-state index in [0.717, 1.165) is 0 Å². The summed E-state index contributed by atoms with van der Waals surface area (Å²) in [4.78, 5) is 24.3. The van der Waals surface area contributed by atoms with Gasteiger partial charge in [-0.3, -0.25) is 4.79 Å². The Bertz CT molecular complexity index is 502. The summed E-state index contributed by atoms with van der Waals surface area (Å²) >= 11 is 0. The zero-order valence-electron chi connectivity index (χ0n) is 11.9. The topological polar surface area (TPSA) is 66.8 Å². The molecule has 0 spiro atoms. The number of carboxylic acids is 1. The average molecular weight is 301 g/mol. The van der Waals surface area contributed by atoms with Crippen LogP contribution in [0.25, 0.3) is 0 Å². The van der Waals surface area contributed by atoms with Crippen molar-refractivity contribution in [2.75, 3.05) is 0 Å². The Morgan fingerprint density at radius 2 is 1.71 bits per heavy atom. The lowest BCUT2D eigenvalue weighted by molar-refractivity contribution is -0.151. The third kappa shape index (κ3) is 4.40. The molecule has 0 bridgehead atoms. The fourth-order valence-electron chi connectivity index (χ4n) is 2.10. The molecule has 1 rings (SSSR count). The number of alkyl halides is 2. The van der Waals surface area contributed by atoms with Crippen LogP contribution in [0.4, 0.5) is 8.78 Å². The molecule has 0 aliphatic carbocycles. The van der Waals surface area contributed by atoms with Gasteiger partial charge in [-0.05, 0) is 31.5 Å². The predicted octanol–water partition coefficient (Wildman–Crippen LogP) is 2.67. The number of carboxylic acid groups (broad SMARTS) is 1. The summed E-state index contributed by atoms with van der Waals surface area (Å²) in [6.45, 7) is 1.73. The van der Waals surface area contributed by atoms with Gasteiger partial charge in [-0.1, -0.05) is 12.1 Å². The zero-order valence-corrected chi connectivity index (χ0v) is 11.9. The van der Waals surface area contributed by atoms with Crippen LogP contribution in [0.2, 0.25) is 0 Å². The number of carbonyl (C=O) groups is 2. The van der Waals surface area contributed by atoms with Gasteiger partial charge in [-0.25, -0.2) is 4.79 Å². The number of benzene rings is 1. The van der Waals surface area contributed by atoms with Crippen LogP contribution in [-0.4, -0.2) is 34.5 Å². The first-order valence-electron chi connectivity index (χ1n) is 6.30. The molecular weight excluding hydrogens is 284 g/mol. The summed E-state index contributed by atoms with van der Waals surface area (Å²) in [5.41, 5.74) is 0.313. The Morgan fingerprint density at radius 3 is 2.05 bits per heavy atom. The molecule has 0 heterocycles. The number of hydrogen-bond donors (Lipinski definition) is 1. The van der Waals surface area contributed by atoms with E-state index in [0.29, 0.717) is 5.56 Å². The number of carbonyl (C=O) groups excluding carboxylic acids is 1. The van der Waals surface area contributed by atoms with Crippen molar-refractivity contribution in [3.63, 3.8) is 0 Å². The van der Waals surface area contributed by atoms with Crippen LogP contribution in [0.3, 0.4) is 0 Å². The highest BCUT2D eigenvalue weighted by atomic mass is 19.3. The molecule has 1 N–H and O–H groups in total. The standard InChI is InChI=1S/C14H17F2NO4/c1-8(2)17(9(3)18)12(13(19)20)10-4-6-11(7-5-10)21-14(15)16/h4-8,12,14H,1-3H3,(H,19,20). The van der Waals surface area contributed by atoms with Crippen molar-refractivity contribution in [2.45, 2.75) is 39.5 Å². The number of aliphatic carboxylic acids is 1. The molecule has 1 atom stereocenters. The average Bonchev–Trinajstić information content (AvgIpc) is 2.34. The minimum atomic E-state index is -2.95. The number of hydrogen-bond acceptors (Lipinski definition) is 3. The quantitative estimate of drug-likeness (QED) is 0.877. The molecule has 0 aromatic heterocycles. The number of amides is 1. The second-order valence-electron chi connectivity index (χ2n) is 4.71. The van der Waals surface area contributed by atoms with Crippen molar-refractivity contribution in [1.82, 2.24) is 4.90 Å². The fraction of sp³-hybridized carbons (Fsp3) is 0.429. The number of ether oxygens (including phenoxy) is 1. The molecule has 0 saturated carbocycles. The van der Waals surface area contributed by atoms with Crippen molar-refractivity contribution < 1.29 is 28.2 Å². The van der Waals surface area contributed by atoms with E-state index in [1.54, 1.807) is 13.8 Å². The number of nitrogens with zero attached hydrogens (tertiary/aromatic N) is 1. The van der Waals surface area contributed by atoms with Gasteiger partial charge in [-0.15, -0.1) is 0 Å². The zero-order chi connectivity index (χ0) is 16.2. The molecule has 0 aliphatic rings. The van der Waals surface area contributed by atoms with E-state index in [9.17, 15) is 23.5 Å². The highest BCUT2D eigenvalue weighted by Crippen LogP contribution is 2.26. The lowest BCUT2D eigenvalue weighted by atomic mass is 10.0. The van der Waals surface area contributed by atoms with Crippen molar-refractivity contribution in [2.24, 2.45) is 0 Å². The monoisotopic (exact) mass is 301 g/mol. The van der Waals surface area contributed by atoms with E-state index in [1.165, 1.54) is 36.1 Å². The molecule has 1 aromatic carbocycles. The summed E-state index contributed by atoms with van der Waals surface area (Å²) < 4.78 is 28.4. The molecular formula is C14H17F2NO4. The van der Waals surface area contributed by atoms with Gasteiger partial charge in [-0.2, -0.15) is 8.78 Å². The van der Waals surface area contributed by atoms with Crippen molar-refractivity contribution >= 4 is 11.9 Å². The second kappa shape index (κ2) is 7.01. The third-order valence-electron chi connectivity index (χ3n) is 2.85. The van der Waals surface area contributed by atoms with E-state index >= 15 is 0 Å². The van der Waals surface area contributed by atoms with Crippen LogP contribution in [0.5, 0.6) is 5.75 Å². The van der Waals surface area contributed by atoms with Gasteiger partial charge in [0, 0.05) is 13.0 Å². The molecule has 5 nitrogen and oxygen atoms in total. The maximum Gasteiger partial charge on any atom is 0.387 e. The Kier molecular flexibility index (Phi) is 5.63. The molecule has 116 valence electrons. The van der Waals surface area contributed by atoms with Crippen molar-refractivity contribution in [3.8, 4) is 5.75 Å². The van der Waals surface area contributed by atoms with Crippen LogP contribution in [0.1, 0.15) is 32.4 Å². The van der Waals surface area contributed by atoms with Crippen LogP contribution in [-0.2, 0) is 9.59 Å². The summed E-state index contributed by atoms with van der Waals surface area (Å²) in [6, 6.07) is 3.71. The van der Waals surface area contributed by atoms with E-state index in [-0.39, 0.29) is 17.7 Å². The normalized spacial score (nSPS) is 12.3. The van der Waals surface area contributed by atoms with Gasteiger partial charge in [0.05, 0.1) is 0 Å². The Labute approximate surface area is 121 Å². The first-order valence-corrected chi connectivity index (χ1v) is 6.30. The lowest BCUT2D eigenvalue weighted by Gasteiger charge is -2.31. The molecule has 1 unspecified atom stereocenters. The minimum absolute atomic E-state index is 0.0724. The molecule has 0 fully saturated rings. The highest BCUT2D eigenvalue weighted by Gasteiger charge is 2.31. The van der Waals surface area contributed by atoms with E-state index in [1.807, 2.05) is 0 Å². The highest BCUT2D eigenvalue weighted by molar-refractivity contribution is 5.83. The Morgan fingerprint density at radius 1 is 1.19 bits per heavy atom. The van der Waals surface area contributed by atoms with Gasteiger partial charge in [0.15, 0.2) is 6.04 Å². The Balaban J connectivity index is 3.11. The lowest BCUT2D eigenvalue weighted by Crippen LogP contribution is -2.42. The predicted molar refractivity (Wildman–Crippen MR) is 71.1 cm³/mol. The molecule has 1 amide bonds. The smallest absolute Gasteiger partial charge is 0.387 e. The third-order valence-corrected chi connectivity index (χ3v) is 2.85. The van der Waals surface area contributed by atoms with E-state index < -0.39 is 18.6 Å². The summed E-state index contributed by atoms with van der Waals surface area (Å²) in [7, 11) is 0. The second-order valence-corrected chi connectivity index (χ2v) is 4.71. The summed E-state index contributed by atoms with van der Waals surface area (Å²) in [6.07, 6.45) is 0. The fourth-order valence-corrected chi connectivity index (χ4v) is 2.10. The van der Waals surface area contributed by atoms with Gasteiger partial charge in [0.25, 0.3) is 0 Å².